The number of halogens is 1. The predicted octanol–water partition coefficient (Wildman–Crippen LogP) is 4.43. The van der Waals surface area contributed by atoms with Gasteiger partial charge in [0.1, 0.15) is 5.82 Å². The highest BCUT2D eigenvalue weighted by Crippen LogP contribution is 2.34. The highest BCUT2D eigenvalue weighted by atomic mass is 35.5. The van der Waals surface area contributed by atoms with Gasteiger partial charge in [-0.1, -0.05) is 11.6 Å². The van der Waals surface area contributed by atoms with Crippen molar-refractivity contribution in [1.29, 1.82) is 0 Å². The number of carbonyl (C=O) groups is 1. The van der Waals surface area contributed by atoms with E-state index in [0.29, 0.717) is 22.4 Å². The molecule has 3 N–H and O–H groups in total. The van der Waals surface area contributed by atoms with Gasteiger partial charge in [0.15, 0.2) is 0 Å². The molecule has 0 radical (unpaired) electrons. The highest BCUT2D eigenvalue weighted by Gasteiger charge is 2.21. The molecule has 0 spiro atoms. The lowest BCUT2D eigenvalue weighted by Gasteiger charge is -2.11. The second-order valence-electron chi connectivity index (χ2n) is 6.62. The fourth-order valence-electron chi connectivity index (χ4n) is 3.29. The van der Waals surface area contributed by atoms with Gasteiger partial charge in [0.25, 0.3) is 0 Å². The van der Waals surface area contributed by atoms with E-state index in [1.807, 2.05) is 30.3 Å². The molecule has 0 unspecified atom stereocenters. The fraction of sp³-hybridized carbons (Fsp3) is 0.0476. The normalized spacial score (nSPS) is 12.5. The van der Waals surface area contributed by atoms with Crippen LogP contribution < -0.4 is 10.6 Å². The van der Waals surface area contributed by atoms with Crippen LogP contribution in [0.4, 0.5) is 17.3 Å². The van der Waals surface area contributed by atoms with Crippen molar-refractivity contribution < 1.29 is 4.79 Å². The Labute approximate surface area is 171 Å². The van der Waals surface area contributed by atoms with E-state index in [1.165, 1.54) is 0 Å². The van der Waals surface area contributed by atoms with E-state index in [0.717, 1.165) is 28.2 Å². The van der Waals surface area contributed by atoms with Crippen LogP contribution in [0.1, 0.15) is 5.56 Å². The van der Waals surface area contributed by atoms with E-state index >= 15 is 0 Å². The smallest absolute Gasteiger partial charge is 0.228 e. The average Bonchev–Trinajstić information content (AvgIpc) is 3.20. The Kier molecular flexibility index (Phi) is 4.22. The maximum atomic E-state index is 12.2. The lowest BCUT2D eigenvalue weighted by molar-refractivity contribution is -0.115. The molecule has 1 amide bonds. The molecule has 5 rings (SSSR count). The molecule has 0 atom stereocenters. The van der Waals surface area contributed by atoms with Gasteiger partial charge < -0.3 is 15.6 Å². The topological polar surface area (TPSA) is 95.6 Å². The maximum absolute atomic E-state index is 12.2. The summed E-state index contributed by atoms with van der Waals surface area (Å²) in [6, 6.07) is 13.2. The predicted molar refractivity (Wildman–Crippen MR) is 112 cm³/mol. The summed E-state index contributed by atoms with van der Waals surface area (Å²) in [6.07, 6.45) is 5.40. The number of hydrogen-bond acceptors (Lipinski definition) is 5. The molecule has 142 valence electrons. The maximum Gasteiger partial charge on any atom is 0.228 e. The monoisotopic (exact) mass is 402 g/mol. The Bertz CT molecular complexity index is 1200. The number of imidazole rings is 1. The van der Waals surface area contributed by atoms with Crippen LogP contribution in [0, 0.1) is 0 Å². The summed E-state index contributed by atoms with van der Waals surface area (Å²) in [7, 11) is 0. The molecule has 0 aliphatic carbocycles. The first-order valence-corrected chi connectivity index (χ1v) is 9.36. The van der Waals surface area contributed by atoms with E-state index in [2.05, 4.69) is 30.6 Å². The molecule has 0 bridgehead atoms. The fourth-order valence-corrected chi connectivity index (χ4v) is 3.46. The Morgan fingerprint density at radius 1 is 1.07 bits per heavy atom. The second kappa shape index (κ2) is 7.03. The number of rotatable bonds is 3. The molecule has 2 aromatic carbocycles. The molecule has 0 saturated carbocycles. The van der Waals surface area contributed by atoms with E-state index in [4.69, 9.17) is 11.6 Å². The third-order valence-corrected chi connectivity index (χ3v) is 4.87. The van der Waals surface area contributed by atoms with Gasteiger partial charge in [0.05, 0.1) is 17.8 Å². The van der Waals surface area contributed by atoms with Crippen molar-refractivity contribution in [2.75, 3.05) is 10.6 Å². The SMILES string of the molecule is O=C1Cc2cnc(Nc3ccc(-c4ncc[nH]4)cc3)nc2-c2ccc(Cl)cc2N1. The summed E-state index contributed by atoms with van der Waals surface area (Å²) in [5.74, 6) is 1.14. The number of nitrogens with one attached hydrogen (secondary N) is 3. The van der Waals surface area contributed by atoms with Gasteiger partial charge in [0.2, 0.25) is 11.9 Å². The van der Waals surface area contributed by atoms with Crippen molar-refractivity contribution in [2.45, 2.75) is 6.42 Å². The number of carbonyl (C=O) groups excluding carboxylic acids is 1. The van der Waals surface area contributed by atoms with Crippen LogP contribution in [-0.2, 0) is 11.2 Å². The molecular weight excluding hydrogens is 388 g/mol. The molecule has 1 aliphatic rings. The standard InChI is InChI=1S/C21H15ClN6O/c22-14-3-6-16-17(10-14)27-18(29)9-13-11-25-21(28-19(13)16)26-15-4-1-12(2-5-15)20-23-7-8-24-20/h1-8,10-11H,9H2,(H,23,24)(H,27,29)(H,25,26,28). The van der Waals surface area contributed by atoms with Crippen LogP contribution in [0.3, 0.4) is 0 Å². The molecule has 7 nitrogen and oxygen atoms in total. The molecule has 1 aliphatic heterocycles. The van der Waals surface area contributed by atoms with Crippen LogP contribution in [-0.4, -0.2) is 25.8 Å². The number of nitrogens with zero attached hydrogens (tertiary/aromatic N) is 3. The van der Waals surface area contributed by atoms with E-state index in [9.17, 15) is 4.79 Å². The third kappa shape index (κ3) is 3.43. The largest absolute Gasteiger partial charge is 0.345 e. The van der Waals surface area contributed by atoms with Crippen molar-refractivity contribution in [2.24, 2.45) is 0 Å². The molecule has 3 heterocycles. The third-order valence-electron chi connectivity index (χ3n) is 4.64. The second-order valence-corrected chi connectivity index (χ2v) is 7.06. The molecule has 29 heavy (non-hydrogen) atoms. The summed E-state index contributed by atoms with van der Waals surface area (Å²) >= 11 is 6.09. The highest BCUT2D eigenvalue weighted by molar-refractivity contribution is 6.31. The van der Waals surface area contributed by atoms with Gasteiger partial charge in [-0.25, -0.2) is 15.0 Å². The number of hydrogen-bond donors (Lipinski definition) is 3. The molecule has 0 fully saturated rings. The quantitative estimate of drug-likeness (QED) is 0.471. The first-order valence-electron chi connectivity index (χ1n) is 8.98. The van der Waals surface area contributed by atoms with Gasteiger partial charge in [-0.3, -0.25) is 4.79 Å². The Hall–Kier alpha value is -3.71. The minimum atomic E-state index is -0.120. The number of aromatic amines is 1. The van der Waals surface area contributed by atoms with Crippen LogP contribution in [0.15, 0.2) is 61.1 Å². The zero-order chi connectivity index (χ0) is 19.8. The van der Waals surface area contributed by atoms with Gasteiger partial charge in [-0.2, -0.15) is 0 Å². The number of aromatic nitrogens is 4. The Morgan fingerprint density at radius 2 is 1.93 bits per heavy atom. The van der Waals surface area contributed by atoms with Gasteiger partial charge in [-0.05, 0) is 42.5 Å². The number of anilines is 3. The van der Waals surface area contributed by atoms with E-state index < -0.39 is 0 Å². The summed E-state index contributed by atoms with van der Waals surface area (Å²) in [6.45, 7) is 0. The Morgan fingerprint density at radius 3 is 2.72 bits per heavy atom. The first-order chi connectivity index (χ1) is 14.2. The van der Waals surface area contributed by atoms with E-state index in [-0.39, 0.29) is 12.3 Å². The van der Waals surface area contributed by atoms with Crippen molar-refractivity contribution in [3.05, 3.63) is 71.6 Å². The summed E-state index contributed by atoms with van der Waals surface area (Å²) in [5.41, 5.74) is 4.77. The molecule has 4 aromatic rings. The van der Waals surface area contributed by atoms with Crippen LogP contribution in [0.5, 0.6) is 0 Å². The summed E-state index contributed by atoms with van der Waals surface area (Å²) in [5, 5.41) is 6.65. The summed E-state index contributed by atoms with van der Waals surface area (Å²) in [4.78, 5) is 28.6. The minimum absolute atomic E-state index is 0.120. The zero-order valence-corrected chi connectivity index (χ0v) is 15.9. The number of H-pyrrole nitrogens is 1. The van der Waals surface area contributed by atoms with Gasteiger partial charge in [0, 0.05) is 46.0 Å². The van der Waals surface area contributed by atoms with Crippen molar-refractivity contribution >= 4 is 34.8 Å². The number of fused-ring (bicyclic) bond motifs is 3. The lowest BCUT2D eigenvalue weighted by Crippen LogP contribution is -2.12. The van der Waals surface area contributed by atoms with Gasteiger partial charge >= 0.3 is 0 Å². The average molecular weight is 403 g/mol. The number of benzene rings is 2. The van der Waals surface area contributed by atoms with Crippen LogP contribution >= 0.6 is 11.6 Å². The Balaban J connectivity index is 1.48. The first kappa shape index (κ1) is 17.4. The zero-order valence-electron chi connectivity index (χ0n) is 15.1. The van der Waals surface area contributed by atoms with Crippen molar-refractivity contribution in [3.8, 4) is 22.6 Å². The van der Waals surface area contributed by atoms with E-state index in [1.54, 1.807) is 30.7 Å². The molecule has 0 saturated heterocycles. The number of amides is 1. The van der Waals surface area contributed by atoms with Crippen LogP contribution in [0.25, 0.3) is 22.6 Å². The molecule has 2 aromatic heterocycles. The minimum Gasteiger partial charge on any atom is -0.345 e. The van der Waals surface area contributed by atoms with Gasteiger partial charge in [-0.15, -0.1) is 0 Å². The van der Waals surface area contributed by atoms with Crippen LogP contribution in [0.2, 0.25) is 5.02 Å². The molecular formula is C21H15ClN6O. The summed E-state index contributed by atoms with van der Waals surface area (Å²) < 4.78 is 0. The van der Waals surface area contributed by atoms with Crippen molar-refractivity contribution in [3.63, 3.8) is 0 Å². The molecule has 8 heteroatoms. The lowest BCUT2D eigenvalue weighted by atomic mass is 10.1. The van der Waals surface area contributed by atoms with Crippen molar-refractivity contribution in [1.82, 2.24) is 19.9 Å².